The number of nitrogens with zero attached hydrogens (tertiary/aromatic N) is 3. The lowest BCUT2D eigenvalue weighted by Crippen LogP contribution is -2.57. The van der Waals surface area contributed by atoms with E-state index in [1.54, 1.807) is 18.3 Å². The molecule has 2 N–H and O–H groups in total. The number of hydrogen-bond donors (Lipinski definition) is 2. The minimum atomic E-state index is -0.628. The predicted molar refractivity (Wildman–Crippen MR) is 103 cm³/mol. The standard InChI is InChI=1S/C21H27FN4O2/c22-18-4-2-16(3-5-18)19(27)17-6-14-25(15-7-17)20(28)21(8-11-23-12-9-21)26-13-1-10-24-26/h1-5,10,13,17,19,23,27H,6-9,11-12,14-15H2. The number of likely N-dealkylation sites (tertiary alicyclic amines) is 1. The molecule has 2 saturated heterocycles. The molecule has 1 unspecified atom stereocenters. The number of rotatable bonds is 4. The number of carbonyl (C=O) groups excluding carboxylic acids is 1. The average molecular weight is 386 g/mol. The number of piperidine rings is 2. The molecule has 1 aromatic heterocycles. The molecule has 0 spiro atoms. The van der Waals surface area contributed by atoms with Crippen LogP contribution in [0.15, 0.2) is 42.7 Å². The van der Waals surface area contributed by atoms with Crippen LogP contribution in [0.5, 0.6) is 0 Å². The van der Waals surface area contributed by atoms with Crippen LogP contribution in [0.25, 0.3) is 0 Å². The maximum absolute atomic E-state index is 13.5. The fraction of sp³-hybridized carbons (Fsp3) is 0.524. The zero-order valence-electron chi connectivity index (χ0n) is 15.9. The second-order valence-corrected chi connectivity index (χ2v) is 7.86. The van der Waals surface area contributed by atoms with Crippen molar-refractivity contribution in [2.24, 2.45) is 5.92 Å². The van der Waals surface area contributed by atoms with Crippen LogP contribution >= 0.6 is 0 Å². The highest BCUT2D eigenvalue weighted by molar-refractivity contribution is 5.84. The molecule has 1 atom stereocenters. The van der Waals surface area contributed by atoms with E-state index < -0.39 is 11.6 Å². The lowest BCUT2D eigenvalue weighted by molar-refractivity contribution is -0.145. The first-order valence-electron chi connectivity index (χ1n) is 10.0. The number of halogens is 1. The highest BCUT2D eigenvalue weighted by atomic mass is 19.1. The third kappa shape index (κ3) is 3.56. The fourth-order valence-corrected chi connectivity index (χ4v) is 4.55. The first-order valence-corrected chi connectivity index (χ1v) is 10.0. The average Bonchev–Trinajstić information content (AvgIpc) is 3.29. The largest absolute Gasteiger partial charge is 0.388 e. The van der Waals surface area contributed by atoms with E-state index in [0.29, 0.717) is 13.1 Å². The monoisotopic (exact) mass is 386 g/mol. The summed E-state index contributed by atoms with van der Waals surface area (Å²) in [6.07, 6.45) is 5.90. The van der Waals surface area contributed by atoms with E-state index in [0.717, 1.165) is 44.3 Å². The minimum Gasteiger partial charge on any atom is -0.388 e. The Labute approximate surface area is 164 Å². The van der Waals surface area contributed by atoms with Crippen molar-refractivity contribution < 1.29 is 14.3 Å². The molecule has 2 fully saturated rings. The number of benzene rings is 1. The van der Waals surface area contributed by atoms with Gasteiger partial charge in [-0.3, -0.25) is 9.48 Å². The summed E-state index contributed by atoms with van der Waals surface area (Å²) in [6, 6.07) is 7.89. The Balaban J connectivity index is 1.44. The summed E-state index contributed by atoms with van der Waals surface area (Å²) in [5.74, 6) is -0.0992. The lowest BCUT2D eigenvalue weighted by atomic mass is 9.84. The van der Waals surface area contributed by atoms with Gasteiger partial charge in [-0.1, -0.05) is 12.1 Å². The van der Waals surface area contributed by atoms with Crippen molar-refractivity contribution in [3.8, 4) is 0 Å². The molecule has 7 heteroatoms. The van der Waals surface area contributed by atoms with Crippen LogP contribution in [0.2, 0.25) is 0 Å². The van der Waals surface area contributed by atoms with E-state index in [-0.39, 0.29) is 17.6 Å². The van der Waals surface area contributed by atoms with Gasteiger partial charge in [0.2, 0.25) is 0 Å². The third-order valence-electron chi connectivity index (χ3n) is 6.26. The number of carbonyl (C=O) groups is 1. The summed E-state index contributed by atoms with van der Waals surface area (Å²) < 4.78 is 15.0. The van der Waals surface area contributed by atoms with Gasteiger partial charge in [-0.2, -0.15) is 5.10 Å². The molecule has 6 nitrogen and oxygen atoms in total. The first kappa shape index (κ1) is 19.1. The molecule has 0 aliphatic carbocycles. The van der Waals surface area contributed by atoms with Gasteiger partial charge in [0.1, 0.15) is 11.4 Å². The van der Waals surface area contributed by atoms with Crippen LogP contribution in [0.1, 0.15) is 37.4 Å². The van der Waals surface area contributed by atoms with Gasteiger partial charge in [0, 0.05) is 25.5 Å². The van der Waals surface area contributed by atoms with Gasteiger partial charge < -0.3 is 15.3 Å². The summed E-state index contributed by atoms with van der Waals surface area (Å²) in [7, 11) is 0. The van der Waals surface area contributed by atoms with Gasteiger partial charge in [-0.15, -0.1) is 0 Å². The molecule has 2 aliphatic heterocycles. The summed E-state index contributed by atoms with van der Waals surface area (Å²) in [5.41, 5.74) is 0.120. The smallest absolute Gasteiger partial charge is 0.250 e. The fourth-order valence-electron chi connectivity index (χ4n) is 4.55. The van der Waals surface area contributed by atoms with Gasteiger partial charge in [0.25, 0.3) is 5.91 Å². The predicted octanol–water partition coefficient (Wildman–Crippen LogP) is 2.07. The van der Waals surface area contributed by atoms with Gasteiger partial charge in [-0.05, 0) is 68.5 Å². The quantitative estimate of drug-likeness (QED) is 0.844. The van der Waals surface area contributed by atoms with Crippen LogP contribution < -0.4 is 5.32 Å². The number of aliphatic hydroxyl groups is 1. The van der Waals surface area contributed by atoms with E-state index in [4.69, 9.17) is 0 Å². The Morgan fingerprint density at radius 2 is 1.89 bits per heavy atom. The molecule has 0 saturated carbocycles. The van der Waals surface area contributed by atoms with Gasteiger partial charge >= 0.3 is 0 Å². The highest BCUT2D eigenvalue weighted by Gasteiger charge is 2.45. The van der Waals surface area contributed by atoms with E-state index in [9.17, 15) is 14.3 Å². The van der Waals surface area contributed by atoms with Crippen molar-refractivity contribution in [2.75, 3.05) is 26.2 Å². The van der Waals surface area contributed by atoms with Crippen molar-refractivity contribution in [2.45, 2.75) is 37.3 Å². The Kier molecular flexibility index (Phi) is 5.46. The SMILES string of the molecule is O=C(N1CCC(C(O)c2ccc(F)cc2)CC1)C1(n2cccn2)CCNCC1. The van der Waals surface area contributed by atoms with E-state index >= 15 is 0 Å². The molecule has 3 heterocycles. The summed E-state index contributed by atoms with van der Waals surface area (Å²) >= 11 is 0. The maximum atomic E-state index is 13.5. The molecule has 2 aromatic rings. The Bertz CT molecular complexity index is 779. The second-order valence-electron chi connectivity index (χ2n) is 7.86. The zero-order chi connectivity index (χ0) is 19.6. The van der Waals surface area contributed by atoms with Crippen molar-refractivity contribution in [3.63, 3.8) is 0 Å². The van der Waals surface area contributed by atoms with Crippen molar-refractivity contribution >= 4 is 5.91 Å². The molecule has 1 aromatic carbocycles. The summed E-state index contributed by atoms with van der Waals surface area (Å²) in [6.45, 7) is 2.84. The van der Waals surface area contributed by atoms with Crippen LogP contribution in [0, 0.1) is 11.7 Å². The normalized spacial score (nSPS) is 21.4. The molecule has 2 aliphatic rings. The molecule has 0 bridgehead atoms. The molecular formula is C21H27FN4O2. The van der Waals surface area contributed by atoms with Gasteiger partial charge in [0.15, 0.2) is 0 Å². The van der Waals surface area contributed by atoms with Crippen LogP contribution in [-0.4, -0.2) is 51.9 Å². The highest BCUT2D eigenvalue weighted by Crippen LogP contribution is 2.34. The Hall–Kier alpha value is -2.25. The maximum Gasteiger partial charge on any atom is 0.250 e. The van der Waals surface area contributed by atoms with Crippen LogP contribution in [0.3, 0.4) is 0 Å². The third-order valence-corrected chi connectivity index (χ3v) is 6.26. The number of aromatic nitrogens is 2. The van der Waals surface area contributed by atoms with Crippen molar-refractivity contribution in [3.05, 3.63) is 54.1 Å². The number of amides is 1. The zero-order valence-corrected chi connectivity index (χ0v) is 15.9. The minimum absolute atomic E-state index is 0.0724. The molecule has 1 amide bonds. The number of aliphatic hydroxyl groups excluding tert-OH is 1. The first-order chi connectivity index (χ1) is 13.6. The Morgan fingerprint density at radius 1 is 1.21 bits per heavy atom. The van der Waals surface area contributed by atoms with Gasteiger partial charge in [0.05, 0.1) is 6.10 Å². The Morgan fingerprint density at radius 3 is 2.50 bits per heavy atom. The summed E-state index contributed by atoms with van der Waals surface area (Å²) in [4.78, 5) is 15.4. The van der Waals surface area contributed by atoms with Crippen molar-refractivity contribution in [1.29, 1.82) is 0 Å². The summed E-state index contributed by atoms with van der Waals surface area (Å²) in [5, 5.41) is 18.4. The second kappa shape index (κ2) is 8.01. The van der Waals surface area contributed by atoms with Crippen LogP contribution in [-0.2, 0) is 10.3 Å². The van der Waals surface area contributed by atoms with E-state index in [2.05, 4.69) is 10.4 Å². The number of nitrogens with one attached hydrogen (secondary N) is 1. The molecule has 0 radical (unpaired) electrons. The van der Waals surface area contributed by atoms with Crippen LogP contribution in [0.4, 0.5) is 4.39 Å². The van der Waals surface area contributed by atoms with E-state index in [1.807, 2.05) is 21.8 Å². The van der Waals surface area contributed by atoms with Gasteiger partial charge in [-0.25, -0.2) is 4.39 Å². The number of hydrogen-bond acceptors (Lipinski definition) is 4. The van der Waals surface area contributed by atoms with Crippen molar-refractivity contribution in [1.82, 2.24) is 20.0 Å². The molecule has 4 rings (SSSR count). The molecule has 150 valence electrons. The lowest BCUT2D eigenvalue weighted by Gasteiger charge is -2.42. The molecular weight excluding hydrogens is 359 g/mol. The topological polar surface area (TPSA) is 70.4 Å². The van der Waals surface area contributed by atoms with E-state index in [1.165, 1.54) is 12.1 Å². The molecule has 28 heavy (non-hydrogen) atoms.